The Morgan fingerprint density at radius 3 is 2.78 bits per heavy atom. The third-order valence-corrected chi connectivity index (χ3v) is 6.95. The molecule has 0 bridgehead atoms. The van der Waals surface area contributed by atoms with Crippen LogP contribution in [0.3, 0.4) is 0 Å². The minimum absolute atomic E-state index is 0.00113. The lowest BCUT2D eigenvalue weighted by atomic mass is 9.95. The predicted molar refractivity (Wildman–Crippen MR) is 127 cm³/mol. The number of carbonyl (C=O) groups excluding carboxylic acids is 1. The van der Waals surface area contributed by atoms with E-state index in [4.69, 9.17) is 16.6 Å². The molecule has 4 heterocycles. The van der Waals surface area contributed by atoms with Crippen LogP contribution in [0.1, 0.15) is 44.9 Å². The van der Waals surface area contributed by atoms with Crippen molar-refractivity contribution in [3.8, 4) is 0 Å². The van der Waals surface area contributed by atoms with Gasteiger partial charge in [-0.1, -0.05) is 24.1 Å². The van der Waals surface area contributed by atoms with Crippen LogP contribution in [0.15, 0.2) is 30.6 Å². The monoisotopic (exact) mass is 452 g/mol. The van der Waals surface area contributed by atoms with Gasteiger partial charge in [-0.25, -0.2) is 15.0 Å². The molecule has 8 heteroatoms. The summed E-state index contributed by atoms with van der Waals surface area (Å²) in [6.45, 7) is 5.20. The van der Waals surface area contributed by atoms with Crippen molar-refractivity contribution in [2.24, 2.45) is 5.92 Å². The molecule has 1 aromatic carbocycles. The Kier molecular flexibility index (Phi) is 6.00. The van der Waals surface area contributed by atoms with Crippen LogP contribution in [0.2, 0.25) is 5.02 Å². The molecule has 5 rings (SSSR count). The Morgan fingerprint density at radius 2 is 2.00 bits per heavy atom. The maximum Gasteiger partial charge on any atom is 0.230 e. The summed E-state index contributed by atoms with van der Waals surface area (Å²) >= 11 is 6.15. The SMILES string of the molecule is CCN(C(=O)C1CCN(c2ncnc3c2nc2n3CCCCC2)CC1)c1cccc(Cl)c1. The molecule has 2 aromatic heterocycles. The molecule has 0 spiro atoms. The number of imidazole rings is 1. The maximum absolute atomic E-state index is 13.3. The van der Waals surface area contributed by atoms with Gasteiger partial charge in [-0.3, -0.25) is 4.79 Å². The second-order valence-electron chi connectivity index (χ2n) is 8.68. The first kappa shape index (κ1) is 21.2. The fraction of sp³-hybridized carbons (Fsp3) is 0.500. The predicted octanol–water partition coefficient (Wildman–Crippen LogP) is 4.48. The molecule has 3 aromatic rings. The molecule has 0 atom stereocenters. The number of halogens is 1. The molecule has 2 aliphatic heterocycles. The van der Waals surface area contributed by atoms with Crippen molar-refractivity contribution >= 4 is 40.2 Å². The summed E-state index contributed by atoms with van der Waals surface area (Å²) in [7, 11) is 0. The zero-order valence-corrected chi connectivity index (χ0v) is 19.3. The number of aryl methyl sites for hydroxylation is 2. The van der Waals surface area contributed by atoms with Gasteiger partial charge in [-0.05, 0) is 50.8 Å². The smallest absolute Gasteiger partial charge is 0.230 e. The molecule has 0 saturated carbocycles. The second kappa shape index (κ2) is 9.06. The Bertz CT molecular complexity index is 1120. The van der Waals surface area contributed by atoms with E-state index in [1.165, 1.54) is 19.3 Å². The van der Waals surface area contributed by atoms with Crippen molar-refractivity contribution in [1.29, 1.82) is 0 Å². The van der Waals surface area contributed by atoms with Crippen LogP contribution in [0.25, 0.3) is 11.2 Å². The van der Waals surface area contributed by atoms with Crippen LogP contribution in [0, 0.1) is 5.92 Å². The minimum Gasteiger partial charge on any atom is -0.355 e. The van der Waals surface area contributed by atoms with Gasteiger partial charge < -0.3 is 14.4 Å². The molecule has 0 unspecified atom stereocenters. The maximum atomic E-state index is 13.3. The molecular weight excluding hydrogens is 424 g/mol. The highest BCUT2D eigenvalue weighted by molar-refractivity contribution is 6.30. The van der Waals surface area contributed by atoms with Crippen LogP contribution >= 0.6 is 11.6 Å². The van der Waals surface area contributed by atoms with Gasteiger partial charge in [0.05, 0.1) is 0 Å². The number of aromatic nitrogens is 4. The average molecular weight is 453 g/mol. The van der Waals surface area contributed by atoms with E-state index in [0.29, 0.717) is 11.6 Å². The zero-order chi connectivity index (χ0) is 22.1. The highest BCUT2D eigenvalue weighted by Gasteiger charge is 2.30. The van der Waals surface area contributed by atoms with Gasteiger partial charge in [0.25, 0.3) is 0 Å². The van der Waals surface area contributed by atoms with Gasteiger partial charge in [-0.15, -0.1) is 0 Å². The third-order valence-electron chi connectivity index (χ3n) is 6.72. The number of anilines is 2. The van der Waals surface area contributed by atoms with Crippen LogP contribution < -0.4 is 9.80 Å². The Labute approximate surface area is 193 Å². The quantitative estimate of drug-likeness (QED) is 0.584. The van der Waals surface area contributed by atoms with Gasteiger partial charge in [0.2, 0.25) is 5.91 Å². The molecule has 7 nitrogen and oxygen atoms in total. The molecule has 2 aliphatic rings. The Balaban J connectivity index is 1.32. The normalized spacial score (nSPS) is 17.2. The fourth-order valence-corrected chi connectivity index (χ4v) is 5.21. The molecule has 1 fully saturated rings. The number of benzene rings is 1. The summed E-state index contributed by atoms with van der Waals surface area (Å²) in [5.41, 5.74) is 2.72. The lowest BCUT2D eigenvalue weighted by Crippen LogP contribution is -2.43. The number of hydrogen-bond donors (Lipinski definition) is 0. The molecule has 0 N–H and O–H groups in total. The van der Waals surface area contributed by atoms with Gasteiger partial charge >= 0.3 is 0 Å². The van der Waals surface area contributed by atoms with E-state index in [1.54, 1.807) is 6.33 Å². The summed E-state index contributed by atoms with van der Waals surface area (Å²) in [4.78, 5) is 31.5. The summed E-state index contributed by atoms with van der Waals surface area (Å²) in [6, 6.07) is 7.53. The number of piperidine rings is 1. The highest BCUT2D eigenvalue weighted by atomic mass is 35.5. The minimum atomic E-state index is 0.00113. The van der Waals surface area contributed by atoms with Crippen molar-refractivity contribution in [3.05, 3.63) is 41.4 Å². The van der Waals surface area contributed by atoms with Crippen molar-refractivity contribution in [3.63, 3.8) is 0 Å². The van der Waals surface area contributed by atoms with E-state index in [2.05, 4.69) is 19.4 Å². The van der Waals surface area contributed by atoms with Crippen LogP contribution in [-0.4, -0.2) is 45.1 Å². The highest BCUT2D eigenvalue weighted by Crippen LogP contribution is 2.31. The second-order valence-corrected chi connectivity index (χ2v) is 9.12. The summed E-state index contributed by atoms with van der Waals surface area (Å²) in [5, 5.41) is 0.648. The lowest BCUT2D eigenvalue weighted by Gasteiger charge is -2.34. The molecule has 1 amide bonds. The van der Waals surface area contributed by atoms with E-state index >= 15 is 0 Å². The number of amides is 1. The molecule has 0 aliphatic carbocycles. The number of hydrogen-bond acceptors (Lipinski definition) is 5. The van der Waals surface area contributed by atoms with Gasteiger partial charge in [0.1, 0.15) is 12.2 Å². The summed E-state index contributed by atoms with van der Waals surface area (Å²) < 4.78 is 2.27. The third kappa shape index (κ3) is 3.94. The average Bonchev–Trinajstić information content (AvgIpc) is 3.00. The zero-order valence-electron chi connectivity index (χ0n) is 18.5. The van der Waals surface area contributed by atoms with E-state index in [1.807, 2.05) is 36.1 Å². The Hall–Kier alpha value is -2.67. The van der Waals surface area contributed by atoms with E-state index < -0.39 is 0 Å². The van der Waals surface area contributed by atoms with Crippen molar-refractivity contribution in [2.75, 3.05) is 29.4 Å². The molecular formula is C24H29ClN6O. The van der Waals surface area contributed by atoms with E-state index in [-0.39, 0.29) is 11.8 Å². The number of rotatable bonds is 4. The first-order chi connectivity index (χ1) is 15.7. The number of carbonyl (C=O) groups is 1. The van der Waals surface area contributed by atoms with Gasteiger partial charge in [0.15, 0.2) is 17.0 Å². The lowest BCUT2D eigenvalue weighted by molar-refractivity contribution is -0.122. The van der Waals surface area contributed by atoms with Crippen LogP contribution in [0.4, 0.5) is 11.5 Å². The molecule has 32 heavy (non-hydrogen) atoms. The van der Waals surface area contributed by atoms with Gasteiger partial charge in [-0.2, -0.15) is 0 Å². The molecule has 0 radical (unpaired) electrons. The first-order valence-electron chi connectivity index (χ1n) is 11.7. The fourth-order valence-electron chi connectivity index (χ4n) is 5.03. The standard InChI is InChI=1S/C24H29ClN6O/c1-2-30(19-8-6-7-18(25)15-19)24(32)17-10-13-29(14-11-17)22-21-23(27-16-26-22)31-12-5-3-4-9-20(31)28-21/h6-8,15-17H,2-5,9-14H2,1H3. The summed E-state index contributed by atoms with van der Waals surface area (Å²) in [6.07, 6.45) is 7.86. The number of nitrogens with zero attached hydrogens (tertiary/aromatic N) is 6. The molecule has 1 saturated heterocycles. The van der Waals surface area contributed by atoms with Crippen molar-refractivity contribution in [1.82, 2.24) is 19.5 Å². The summed E-state index contributed by atoms with van der Waals surface area (Å²) in [5.74, 6) is 2.21. The van der Waals surface area contributed by atoms with Crippen LogP contribution in [-0.2, 0) is 17.8 Å². The largest absolute Gasteiger partial charge is 0.355 e. The topological polar surface area (TPSA) is 67.2 Å². The first-order valence-corrected chi connectivity index (χ1v) is 12.1. The van der Waals surface area contributed by atoms with Crippen LogP contribution in [0.5, 0.6) is 0 Å². The van der Waals surface area contributed by atoms with Crippen molar-refractivity contribution < 1.29 is 4.79 Å². The van der Waals surface area contributed by atoms with E-state index in [0.717, 1.165) is 67.4 Å². The van der Waals surface area contributed by atoms with Crippen molar-refractivity contribution in [2.45, 2.75) is 52.0 Å². The van der Waals surface area contributed by atoms with Gasteiger partial charge in [0, 0.05) is 49.2 Å². The van der Waals surface area contributed by atoms with E-state index in [9.17, 15) is 4.79 Å². The molecule has 168 valence electrons. The Morgan fingerprint density at radius 1 is 1.16 bits per heavy atom. The number of fused-ring (bicyclic) bond motifs is 3.